The molecule has 130 valence electrons. The molecule has 0 aliphatic heterocycles. The predicted molar refractivity (Wildman–Crippen MR) is 94.3 cm³/mol. The number of rotatable bonds is 5. The van der Waals surface area contributed by atoms with E-state index in [0.717, 1.165) is 5.39 Å². The highest BCUT2D eigenvalue weighted by atomic mass is 32.2. The summed E-state index contributed by atoms with van der Waals surface area (Å²) < 4.78 is 55.4. The first kappa shape index (κ1) is 17.5. The average Bonchev–Trinajstić information content (AvgIpc) is 2.63. The van der Waals surface area contributed by atoms with Gasteiger partial charge in [-0.15, -0.1) is 0 Å². The van der Waals surface area contributed by atoms with Crippen LogP contribution in [0.1, 0.15) is 11.6 Å². The number of hydrogen-bond donors (Lipinski definition) is 1. The molecule has 1 unspecified atom stereocenters. The molecule has 0 aliphatic carbocycles. The van der Waals surface area contributed by atoms with Crippen LogP contribution in [-0.2, 0) is 9.84 Å². The van der Waals surface area contributed by atoms with E-state index in [9.17, 15) is 8.42 Å². The molecule has 3 nitrogen and oxygen atoms in total. The number of hydrogen-bond acceptors (Lipinski definition) is 3. The highest BCUT2D eigenvalue weighted by Crippen LogP contribution is 2.41. The van der Waals surface area contributed by atoms with Gasteiger partial charge in [0.2, 0.25) is 9.84 Å². The molecule has 0 saturated heterocycles. The minimum absolute atomic E-state index is 0.241. The van der Waals surface area contributed by atoms with Gasteiger partial charge in [-0.2, -0.15) is 8.78 Å². The van der Waals surface area contributed by atoms with E-state index in [1.54, 1.807) is 42.5 Å². The maximum absolute atomic E-state index is 15.1. The largest absolute Gasteiger partial charge is 0.368 e. The van der Waals surface area contributed by atoms with Crippen molar-refractivity contribution in [3.8, 4) is 0 Å². The van der Waals surface area contributed by atoms with Crippen molar-refractivity contribution in [1.82, 2.24) is 5.32 Å². The van der Waals surface area contributed by atoms with Crippen molar-refractivity contribution in [3.05, 3.63) is 78.4 Å². The van der Waals surface area contributed by atoms with Gasteiger partial charge < -0.3 is 5.32 Å². The van der Waals surface area contributed by atoms with Crippen LogP contribution in [0.2, 0.25) is 0 Å². The monoisotopic (exact) mass is 361 g/mol. The molecule has 0 aliphatic rings. The van der Waals surface area contributed by atoms with Crippen LogP contribution in [0.25, 0.3) is 10.8 Å². The molecule has 0 fully saturated rings. The van der Waals surface area contributed by atoms with Gasteiger partial charge in [0.25, 0.3) is 0 Å². The van der Waals surface area contributed by atoms with Crippen LogP contribution < -0.4 is 5.32 Å². The molecule has 1 N–H and O–H groups in total. The minimum Gasteiger partial charge on any atom is -0.307 e. The van der Waals surface area contributed by atoms with Crippen LogP contribution >= 0.6 is 0 Å². The molecule has 0 spiro atoms. The Labute approximate surface area is 145 Å². The van der Waals surface area contributed by atoms with Crippen molar-refractivity contribution in [1.29, 1.82) is 0 Å². The molecule has 0 heterocycles. The first-order valence-corrected chi connectivity index (χ1v) is 9.20. The third kappa shape index (κ3) is 2.92. The Morgan fingerprint density at radius 2 is 1.48 bits per heavy atom. The molecular formula is C19H17F2NO2S. The molecule has 0 aromatic heterocycles. The Morgan fingerprint density at radius 3 is 2.16 bits per heavy atom. The second-order valence-electron chi connectivity index (χ2n) is 5.67. The van der Waals surface area contributed by atoms with Gasteiger partial charge in [-0.05, 0) is 35.5 Å². The summed E-state index contributed by atoms with van der Waals surface area (Å²) >= 11 is 0. The molecule has 25 heavy (non-hydrogen) atoms. The lowest BCUT2D eigenvalue weighted by atomic mass is 9.99. The zero-order valence-corrected chi connectivity index (χ0v) is 14.3. The number of nitrogens with one attached hydrogen (secondary N) is 1. The summed E-state index contributed by atoms with van der Waals surface area (Å²) in [6, 6.07) is 17.1. The number of halogens is 2. The van der Waals surface area contributed by atoms with E-state index < -0.39 is 26.0 Å². The van der Waals surface area contributed by atoms with Gasteiger partial charge >= 0.3 is 5.25 Å². The normalized spacial score (nSPS) is 13.7. The standard InChI is InChI=1S/C19H17F2NO2S/c1-22-18(17-13-7-9-14-8-5-6-12-16(14)17)19(20,21)25(23,24)15-10-3-2-4-11-15/h2-13,18,22H,1H3. The first-order valence-electron chi connectivity index (χ1n) is 7.72. The van der Waals surface area contributed by atoms with Crippen molar-refractivity contribution in [2.24, 2.45) is 0 Å². The van der Waals surface area contributed by atoms with Crippen LogP contribution in [0.4, 0.5) is 8.78 Å². The van der Waals surface area contributed by atoms with Gasteiger partial charge in [0.1, 0.15) is 6.04 Å². The van der Waals surface area contributed by atoms with Crippen LogP contribution in [0.15, 0.2) is 77.7 Å². The zero-order valence-electron chi connectivity index (χ0n) is 13.5. The van der Waals surface area contributed by atoms with Crippen molar-refractivity contribution in [3.63, 3.8) is 0 Å². The number of sulfone groups is 1. The van der Waals surface area contributed by atoms with Gasteiger partial charge in [0.05, 0.1) is 4.90 Å². The molecule has 3 rings (SSSR count). The Morgan fingerprint density at radius 1 is 0.880 bits per heavy atom. The van der Waals surface area contributed by atoms with Crippen molar-refractivity contribution in [2.45, 2.75) is 16.2 Å². The van der Waals surface area contributed by atoms with E-state index in [-0.39, 0.29) is 5.56 Å². The topological polar surface area (TPSA) is 46.2 Å². The van der Waals surface area contributed by atoms with E-state index in [4.69, 9.17) is 0 Å². The maximum atomic E-state index is 15.1. The SMILES string of the molecule is CNC(c1cccc2ccccc12)C(F)(F)S(=O)(=O)c1ccccc1. The summed E-state index contributed by atoms with van der Waals surface area (Å²) in [5, 5.41) is -0.162. The summed E-state index contributed by atoms with van der Waals surface area (Å²) in [4.78, 5) is -0.402. The van der Waals surface area contributed by atoms with Gasteiger partial charge in [0.15, 0.2) is 0 Å². The molecule has 0 amide bonds. The third-order valence-corrected chi connectivity index (χ3v) is 6.02. The van der Waals surface area contributed by atoms with Crippen LogP contribution in [-0.4, -0.2) is 20.7 Å². The molecule has 0 bridgehead atoms. The Hall–Kier alpha value is -2.31. The highest BCUT2D eigenvalue weighted by Gasteiger charge is 2.53. The molecule has 0 saturated carbocycles. The van der Waals surface area contributed by atoms with Crippen LogP contribution in [0.3, 0.4) is 0 Å². The second-order valence-corrected chi connectivity index (χ2v) is 7.69. The Bertz CT molecular complexity index is 983. The molecule has 3 aromatic rings. The summed E-state index contributed by atoms with van der Waals surface area (Å²) in [5.74, 6) is 0. The summed E-state index contributed by atoms with van der Waals surface area (Å²) in [5.41, 5.74) is 0.241. The molecule has 1 atom stereocenters. The lowest BCUT2D eigenvalue weighted by Crippen LogP contribution is -2.42. The number of benzene rings is 3. The lowest BCUT2D eigenvalue weighted by molar-refractivity contribution is 0.0502. The molecule has 0 radical (unpaired) electrons. The Balaban J connectivity index is 2.17. The zero-order chi connectivity index (χ0) is 18.1. The van der Waals surface area contributed by atoms with Crippen molar-refractivity contribution < 1.29 is 17.2 Å². The maximum Gasteiger partial charge on any atom is 0.368 e. The fourth-order valence-electron chi connectivity index (χ4n) is 2.92. The quantitative estimate of drug-likeness (QED) is 0.742. The van der Waals surface area contributed by atoms with Gasteiger partial charge in [-0.3, -0.25) is 0 Å². The van der Waals surface area contributed by atoms with E-state index in [1.807, 2.05) is 0 Å². The van der Waals surface area contributed by atoms with E-state index >= 15 is 8.78 Å². The van der Waals surface area contributed by atoms with Crippen molar-refractivity contribution in [2.75, 3.05) is 7.05 Å². The number of alkyl halides is 2. The lowest BCUT2D eigenvalue weighted by Gasteiger charge is -2.27. The third-order valence-electron chi connectivity index (χ3n) is 4.17. The average molecular weight is 361 g/mol. The summed E-state index contributed by atoms with van der Waals surface area (Å²) in [7, 11) is -3.53. The van der Waals surface area contributed by atoms with Crippen molar-refractivity contribution >= 4 is 20.6 Å². The van der Waals surface area contributed by atoms with Gasteiger partial charge in [0, 0.05) is 0 Å². The van der Waals surface area contributed by atoms with Gasteiger partial charge in [-0.25, -0.2) is 8.42 Å². The summed E-state index contributed by atoms with van der Waals surface area (Å²) in [6.45, 7) is 0. The first-order chi connectivity index (χ1) is 11.9. The second kappa shape index (κ2) is 6.54. The number of fused-ring (bicyclic) bond motifs is 1. The minimum atomic E-state index is -4.86. The van der Waals surface area contributed by atoms with E-state index in [1.165, 1.54) is 37.4 Å². The summed E-state index contributed by atoms with van der Waals surface area (Å²) in [6.07, 6.45) is 0. The van der Waals surface area contributed by atoms with Crippen LogP contribution in [0.5, 0.6) is 0 Å². The van der Waals surface area contributed by atoms with Gasteiger partial charge in [-0.1, -0.05) is 60.7 Å². The highest BCUT2D eigenvalue weighted by molar-refractivity contribution is 7.92. The molecular weight excluding hydrogens is 344 g/mol. The molecule has 6 heteroatoms. The van der Waals surface area contributed by atoms with E-state index in [0.29, 0.717) is 5.39 Å². The molecule has 3 aromatic carbocycles. The fourth-order valence-corrected chi connectivity index (χ4v) is 4.30. The fraction of sp³-hybridized carbons (Fsp3) is 0.158. The van der Waals surface area contributed by atoms with E-state index in [2.05, 4.69) is 5.32 Å². The predicted octanol–water partition coefficient (Wildman–Crippen LogP) is 4.17. The Kier molecular flexibility index (Phi) is 4.58. The van der Waals surface area contributed by atoms with Crippen LogP contribution in [0, 0.1) is 0 Å². The smallest absolute Gasteiger partial charge is 0.307 e.